The molecule has 0 aliphatic carbocycles. The van der Waals surface area contributed by atoms with Crippen molar-refractivity contribution in [3.63, 3.8) is 0 Å². The molecule has 7 heteroatoms. The van der Waals surface area contributed by atoms with E-state index in [0.29, 0.717) is 24.2 Å². The number of para-hydroxylation sites is 2. The smallest absolute Gasteiger partial charge is 0.172 e. The summed E-state index contributed by atoms with van der Waals surface area (Å²) in [6, 6.07) is 9.59. The van der Waals surface area contributed by atoms with Gasteiger partial charge in [-0.05, 0) is 30.8 Å². The molecule has 108 valence electrons. The van der Waals surface area contributed by atoms with Crippen LogP contribution in [-0.4, -0.2) is 26.5 Å². The van der Waals surface area contributed by atoms with Crippen molar-refractivity contribution < 1.29 is 4.74 Å². The fourth-order valence-electron chi connectivity index (χ4n) is 1.83. The highest BCUT2D eigenvalue weighted by Gasteiger charge is 2.08. The summed E-state index contributed by atoms with van der Waals surface area (Å²) in [5.74, 6) is 0.572. The van der Waals surface area contributed by atoms with Crippen LogP contribution >= 0.6 is 23.4 Å². The highest BCUT2D eigenvalue weighted by Crippen LogP contribution is 2.27. The predicted octanol–water partition coefficient (Wildman–Crippen LogP) is 3.69. The summed E-state index contributed by atoms with van der Waals surface area (Å²) in [4.78, 5) is 16.3. The van der Waals surface area contributed by atoms with Crippen molar-refractivity contribution in [3.05, 3.63) is 41.3 Å². The van der Waals surface area contributed by atoms with Crippen molar-refractivity contribution in [1.29, 1.82) is 0 Å². The maximum Gasteiger partial charge on any atom is 0.172 e. The Morgan fingerprint density at radius 2 is 2.10 bits per heavy atom. The van der Waals surface area contributed by atoms with E-state index >= 15 is 0 Å². The third-order valence-electron chi connectivity index (χ3n) is 2.72. The van der Waals surface area contributed by atoms with Gasteiger partial charge in [-0.2, -0.15) is 0 Å². The molecule has 5 nitrogen and oxygen atoms in total. The molecule has 0 saturated carbocycles. The molecule has 21 heavy (non-hydrogen) atoms. The second-order valence-corrected chi connectivity index (χ2v) is 5.64. The monoisotopic (exact) mass is 320 g/mol. The molecule has 3 rings (SSSR count). The van der Waals surface area contributed by atoms with Gasteiger partial charge in [-0.1, -0.05) is 23.7 Å². The number of hydrogen-bond acceptors (Lipinski definition) is 5. The number of hydrogen-bond donors (Lipinski definition) is 1. The molecule has 0 saturated heterocycles. The van der Waals surface area contributed by atoms with E-state index < -0.39 is 0 Å². The molecular formula is C14H13ClN4OS. The zero-order chi connectivity index (χ0) is 14.7. The standard InChI is InChI=1S/C14H13ClN4OS/c1-2-20-8-12-18-11(15)7-13(19-12)21-14-16-9-5-3-4-6-10(9)17-14/h3-7H,2,8H2,1H3,(H,16,17). The van der Waals surface area contributed by atoms with Gasteiger partial charge in [-0.3, -0.25) is 0 Å². The predicted molar refractivity (Wildman–Crippen MR) is 82.6 cm³/mol. The van der Waals surface area contributed by atoms with Crippen LogP contribution in [0.2, 0.25) is 5.15 Å². The molecule has 0 unspecified atom stereocenters. The fraction of sp³-hybridized carbons (Fsp3) is 0.214. The summed E-state index contributed by atoms with van der Waals surface area (Å²) in [6.07, 6.45) is 0. The normalized spacial score (nSPS) is 11.1. The van der Waals surface area contributed by atoms with Crippen LogP contribution in [0, 0.1) is 0 Å². The van der Waals surface area contributed by atoms with Crippen molar-refractivity contribution in [1.82, 2.24) is 19.9 Å². The first-order valence-corrected chi connectivity index (χ1v) is 7.68. The maximum atomic E-state index is 6.02. The quantitative estimate of drug-likeness (QED) is 0.726. The summed E-state index contributed by atoms with van der Waals surface area (Å²) in [5, 5.41) is 1.91. The molecule has 1 N–H and O–H groups in total. The third kappa shape index (κ3) is 3.53. The summed E-state index contributed by atoms with van der Waals surface area (Å²) in [5.41, 5.74) is 1.92. The first-order valence-electron chi connectivity index (χ1n) is 6.48. The van der Waals surface area contributed by atoms with Crippen molar-refractivity contribution in [2.45, 2.75) is 23.7 Å². The number of nitrogens with zero attached hydrogens (tertiary/aromatic N) is 3. The number of halogens is 1. The molecule has 2 aromatic heterocycles. The lowest BCUT2D eigenvalue weighted by molar-refractivity contribution is 0.128. The lowest BCUT2D eigenvalue weighted by Gasteiger charge is -2.03. The van der Waals surface area contributed by atoms with Gasteiger partial charge in [-0.15, -0.1) is 0 Å². The van der Waals surface area contributed by atoms with Crippen LogP contribution in [0.3, 0.4) is 0 Å². The molecule has 0 amide bonds. The van der Waals surface area contributed by atoms with Crippen LogP contribution in [-0.2, 0) is 11.3 Å². The summed E-state index contributed by atoms with van der Waals surface area (Å²) in [7, 11) is 0. The minimum absolute atomic E-state index is 0.352. The van der Waals surface area contributed by atoms with Crippen LogP contribution in [0.4, 0.5) is 0 Å². The lowest BCUT2D eigenvalue weighted by atomic mass is 10.3. The van der Waals surface area contributed by atoms with E-state index in [1.807, 2.05) is 31.2 Å². The molecule has 0 spiro atoms. The van der Waals surface area contributed by atoms with E-state index in [9.17, 15) is 0 Å². The van der Waals surface area contributed by atoms with Crippen molar-refractivity contribution >= 4 is 34.4 Å². The molecule has 0 aliphatic rings. The Balaban J connectivity index is 1.84. The molecule has 1 aromatic carbocycles. The largest absolute Gasteiger partial charge is 0.374 e. The zero-order valence-electron chi connectivity index (χ0n) is 11.3. The number of imidazole rings is 1. The molecule has 3 aromatic rings. The summed E-state index contributed by atoms with van der Waals surface area (Å²) >= 11 is 7.44. The van der Waals surface area contributed by atoms with Crippen LogP contribution in [0.25, 0.3) is 11.0 Å². The van der Waals surface area contributed by atoms with Crippen LogP contribution in [0.1, 0.15) is 12.7 Å². The molecule has 2 heterocycles. The average Bonchev–Trinajstić information content (AvgIpc) is 2.86. The topological polar surface area (TPSA) is 63.7 Å². The molecule has 0 fully saturated rings. The van der Waals surface area contributed by atoms with E-state index in [1.165, 1.54) is 11.8 Å². The van der Waals surface area contributed by atoms with Crippen molar-refractivity contribution in [2.75, 3.05) is 6.61 Å². The Labute approximate surface area is 131 Å². The fourth-order valence-corrected chi connectivity index (χ4v) is 2.92. The maximum absolute atomic E-state index is 6.02. The highest BCUT2D eigenvalue weighted by molar-refractivity contribution is 7.99. The zero-order valence-corrected chi connectivity index (χ0v) is 12.9. The highest BCUT2D eigenvalue weighted by atomic mass is 35.5. The van der Waals surface area contributed by atoms with E-state index in [4.69, 9.17) is 16.3 Å². The molecule has 0 radical (unpaired) electrons. The van der Waals surface area contributed by atoms with Crippen LogP contribution < -0.4 is 0 Å². The van der Waals surface area contributed by atoms with Gasteiger partial charge in [-0.25, -0.2) is 15.0 Å². The van der Waals surface area contributed by atoms with E-state index in [2.05, 4.69) is 19.9 Å². The number of benzene rings is 1. The second-order valence-electron chi connectivity index (χ2n) is 4.24. The number of fused-ring (bicyclic) bond motifs is 1. The lowest BCUT2D eigenvalue weighted by Crippen LogP contribution is -2.00. The third-order valence-corrected chi connectivity index (χ3v) is 3.72. The average molecular weight is 321 g/mol. The van der Waals surface area contributed by atoms with Gasteiger partial charge < -0.3 is 9.72 Å². The number of aromatic amines is 1. The molecule has 0 atom stereocenters. The van der Waals surface area contributed by atoms with Crippen molar-refractivity contribution in [2.24, 2.45) is 0 Å². The minimum Gasteiger partial charge on any atom is -0.374 e. The van der Waals surface area contributed by atoms with Gasteiger partial charge in [0.15, 0.2) is 11.0 Å². The number of ether oxygens (including phenoxy) is 1. The van der Waals surface area contributed by atoms with Gasteiger partial charge in [0.1, 0.15) is 16.8 Å². The Hall–Kier alpha value is -1.63. The van der Waals surface area contributed by atoms with Gasteiger partial charge in [0.25, 0.3) is 0 Å². The first kappa shape index (κ1) is 14.3. The SMILES string of the molecule is CCOCc1nc(Cl)cc(Sc2nc3ccccc3[nH]2)n1. The Morgan fingerprint density at radius 1 is 1.24 bits per heavy atom. The Morgan fingerprint density at radius 3 is 2.90 bits per heavy atom. The Kier molecular flexibility index (Phi) is 4.38. The van der Waals surface area contributed by atoms with Gasteiger partial charge in [0.2, 0.25) is 0 Å². The van der Waals surface area contributed by atoms with Crippen molar-refractivity contribution in [3.8, 4) is 0 Å². The van der Waals surface area contributed by atoms with Gasteiger partial charge >= 0.3 is 0 Å². The molecular weight excluding hydrogens is 308 g/mol. The molecule has 0 bridgehead atoms. The second kappa shape index (κ2) is 6.43. The Bertz CT molecular complexity index is 729. The first-order chi connectivity index (χ1) is 10.2. The van der Waals surface area contributed by atoms with E-state index in [0.717, 1.165) is 21.2 Å². The summed E-state index contributed by atoms with van der Waals surface area (Å²) in [6.45, 7) is 2.89. The number of nitrogens with one attached hydrogen (secondary N) is 1. The van der Waals surface area contributed by atoms with E-state index in [1.54, 1.807) is 6.07 Å². The summed E-state index contributed by atoms with van der Waals surface area (Å²) < 4.78 is 5.31. The van der Waals surface area contributed by atoms with E-state index in [-0.39, 0.29) is 0 Å². The minimum atomic E-state index is 0.352. The van der Waals surface area contributed by atoms with Crippen LogP contribution in [0.15, 0.2) is 40.5 Å². The van der Waals surface area contributed by atoms with Gasteiger partial charge in [0.05, 0.1) is 11.0 Å². The molecule has 0 aliphatic heterocycles. The van der Waals surface area contributed by atoms with Crippen LogP contribution in [0.5, 0.6) is 0 Å². The van der Waals surface area contributed by atoms with Gasteiger partial charge in [0, 0.05) is 12.7 Å². The number of H-pyrrole nitrogens is 1. The number of rotatable bonds is 5. The number of aromatic nitrogens is 4.